The van der Waals surface area contributed by atoms with Gasteiger partial charge >= 0.3 is 11.9 Å². The Bertz CT molecular complexity index is 1230. The first kappa shape index (κ1) is 19.3. The van der Waals surface area contributed by atoms with Gasteiger partial charge in [-0.05, 0) is 43.3 Å². The normalized spacial score (nSPS) is 10.6. The Balaban J connectivity index is 1.71. The van der Waals surface area contributed by atoms with Crippen LogP contribution in [0.2, 0.25) is 0 Å². The molecule has 30 heavy (non-hydrogen) atoms. The number of rotatable bonds is 4. The van der Waals surface area contributed by atoms with Crippen LogP contribution in [0.25, 0.3) is 22.2 Å². The van der Waals surface area contributed by atoms with Gasteiger partial charge in [0.15, 0.2) is 0 Å². The molecule has 5 heteroatoms. The van der Waals surface area contributed by atoms with Gasteiger partial charge in [0.25, 0.3) is 0 Å². The van der Waals surface area contributed by atoms with Gasteiger partial charge in [0.1, 0.15) is 5.75 Å². The van der Waals surface area contributed by atoms with Gasteiger partial charge in [-0.2, -0.15) is 0 Å². The second kappa shape index (κ2) is 8.17. The molecule has 5 nitrogen and oxygen atoms in total. The summed E-state index contributed by atoms with van der Waals surface area (Å²) in [5, 5.41) is 0.713. The molecule has 0 spiro atoms. The molecule has 0 N–H and O–H groups in total. The van der Waals surface area contributed by atoms with E-state index >= 15 is 0 Å². The molecule has 0 aliphatic rings. The van der Waals surface area contributed by atoms with Crippen LogP contribution in [0.3, 0.4) is 0 Å². The second-order valence-electron chi connectivity index (χ2n) is 6.84. The van der Waals surface area contributed by atoms with Gasteiger partial charge in [0, 0.05) is 10.9 Å². The number of carbonyl (C=O) groups excluding carboxylic acids is 2. The maximum absolute atomic E-state index is 13.0. The van der Waals surface area contributed by atoms with E-state index in [0.717, 1.165) is 11.1 Å². The highest BCUT2D eigenvalue weighted by molar-refractivity contribution is 6.05. The predicted molar refractivity (Wildman–Crippen MR) is 115 cm³/mol. The Hall–Kier alpha value is -3.99. The van der Waals surface area contributed by atoms with Crippen LogP contribution >= 0.6 is 0 Å². The SMILES string of the molecule is COC(=O)c1ccc(OC(=O)c2cc(-c3ccc(C)cc3)nc3ccccc23)cc1. The summed E-state index contributed by atoms with van der Waals surface area (Å²) in [5.74, 6) is -0.603. The van der Waals surface area contributed by atoms with Gasteiger partial charge in [-0.15, -0.1) is 0 Å². The molecule has 0 aliphatic carbocycles. The van der Waals surface area contributed by atoms with Crippen LogP contribution in [0.15, 0.2) is 78.9 Å². The van der Waals surface area contributed by atoms with E-state index in [1.54, 1.807) is 30.3 Å². The minimum Gasteiger partial charge on any atom is -0.465 e. The average molecular weight is 397 g/mol. The van der Waals surface area contributed by atoms with E-state index in [9.17, 15) is 9.59 Å². The van der Waals surface area contributed by atoms with Gasteiger partial charge in [0.05, 0.1) is 29.4 Å². The number of para-hydroxylation sites is 1. The van der Waals surface area contributed by atoms with E-state index in [2.05, 4.69) is 4.74 Å². The summed E-state index contributed by atoms with van der Waals surface area (Å²) >= 11 is 0. The summed E-state index contributed by atoms with van der Waals surface area (Å²) in [7, 11) is 1.32. The summed E-state index contributed by atoms with van der Waals surface area (Å²) in [6.45, 7) is 2.02. The number of fused-ring (bicyclic) bond motifs is 1. The number of carbonyl (C=O) groups is 2. The van der Waals surface area contributed by atoms with Gasteiger partial charge in [-0.1, -0.05) is 48.0 Å². The quantitative estimate of drug-likeness (QED) is 0.349. The van der Waals surface area contributed by atoms with Crippen molar-refractivity contribution in [2.75, 3.05) is 7.11 Å². The lowest BCUT2D eigenvalue weighted by Gasteiger charge is -2.10. The molecular weight excluding hydrogens is 378 g/mol. The van der Waals surface area contributed by atoms with Crippen molar-refractivity contribution in [3.63, 3.8) is 0 Å². The fourth-order valence-corrected chi connectivity index (χ4v) is 3.16. The minimum atomic E-state index is -0.493. The zero-order chi connectivity index (χ0) is 21.1. The molecule has 148 valence electrons. The summed E-state index contributed by atoms with van der Waals surface area (Å²) in [6, 6.07) is 23.4. The van der Waals surface area contributed by atoms with Crippen molar-refractivity contribution in [2.24, 2.45) is 0 Å². The Morgan fingerprint density at radius 1 is 0.833 bits per heavy atom. The van der Waals surface area contributed by atoms with Crippen LogP contribution in [0, 0.1) is 6.92 Å². The molecule has 0 fully saturated rings. The monoisotopic (exact) mass is 397 g/mol. The third-order valence-corrected chi connectivity index (χ3v) is 4.77. The van der Waals surface area contributed by atoms with Crippen LogP contribution in [0.4, 0.5) is 0 Å². The van der Waals surface area contributed by atoms with Crippen molar-refractivity contribution >= 4 is 22.8 Å². The number of esters is 2. The molecular formula is C25H19NO4. The van der Waals surface area contributed by atoms with Gasteiger partial charge in [-0.3, -0.25) is 0 Å². The molecule has 1 heterocycles. The second-order valence-corrected chi connectivity index (χ2v) is 6.84. The Morgan fingerprint density at radius 2 is 1.53 bits per heavy atom. The molecule has 3 aromatic carbocycles. The minimum absolute atomic E-state index is 0.338. The number of methoxy groups -OCH3 is 1. The Morgan fingerprint density at radius 3 is 2.23 bits per heavy atom. The van der Waals surface area contributed by atoms with Crippen molar-refractivity contribution in [2.45, 2.75) is 6.92 Å². The van der Waals surface area contributed by atoms with Gasteiger partial charge < -0.3 is 9.47 Å². The van der Waals surface area contributed by atoms with E-state index in [4.69, 9.17) is 9.72 Å². The molecule has 0 radical (unpaired) electrons. The number of hydrogen-bond donors (Lipinski definition) is 0. The highest BCUT2D eigenvalue weighted by atomic mass is 16.5. The molecule has 4 rings (SSSR count). The van der Waals surface area contributed by atoms with E-state index in [0.29, 0.717) is 33.5 Å². The first-order valence-electron chi connectivity index (χ1n) is 9.42. The number of aromatic nitrogens is 1. The zero-order valence-electron chi connectivity index (χ0n) is 16.6. The van der Waals surface area contributed by atoms with Crippen LogP contribution in [-0.2, 0) is 4.74 Å². The van der Waals surface area contributed by atoms with Crippen LogP contribution in [0.1, 0.15) is 26.3 Å². The fraction of sp³-hybridized carbons (Fsp3) is 0.0800. The third-order valence-electron chi connectivity index (χ3n) is 4.77. The molecule has 4 aromatic rings. The van der Waals surface area contributed by atoms with Crippen molar-refractivity contribution < 1.29 is 19.1 Å². The molecule has 0 saturated heterocycles. The van der Waals surface area contributed by atoms with E-state index < -0.39 is 11.9 Å². The molecule has 0 unspecified atom stereocenters. The highest BCUT2D eigenvalue weighted by Crippen LogP contribution is 2.26. The first-order valence-corrected chi connectivity index (χ1v) is 9.42. The van der Waals surface area contributed by atoms with E-state index in [1.165, 1.54) is 7.11 Å². The fourth-order valence-electron chi connectivity index (χ4n) is 3.16. The molecule has 0 saturated carbocycles. The number of nitrogens with zero attached hydrogens (tertiary/aromatic N) is 1. The first-order chi connectivity index (χ1) is 14.5. The number of pyridine rings is 1. The molecule has 0 amide bonds. The van der Waals surface area contributed by atoms with Gasteiger partial charge in [-0.25, -0.2) is 14.6 Å². The summed E-state index contributed by atoms with van der Waals surface area (Å²) in [4.78, 5) is 29.3. The number of benzene rings is 3. The summed E-state index contributed by atoms with van der Waals surface area (Å²) < 4.78 is 10.3. The molecule has 1 aromatic heterocycles. The smallest absolute Gasteiger partial charge is 0.344 e. The Kier molecular flexibility index (Phi) is 5.26. The third kappa shape index (κ3) is 3.91. The standard InChI is InChI=1S/C25H19NO4/c1-16-7-9-17(10-8-16)23-15-21(20-5-3-4-6-22(20)26-23)25(28)30-19-13-11-18(12-14-19)24(27)29-2/h3-15H,1-2H3. The number of hydrogen-bond acceptors (Lipinski definition) is 5. The van der Waals surface area contributed by atoms with E-state index in [-0.39, 0.29) is 0 Å². The summed E-state index contributed by atoms with van der Waals surface area (Å²) in [5.41, 5.74) is 4.28. The zero-order valence-corrected chi connectivity index (χ0v) is 16.6. The molecule has 0 atom stereocenters. The van der Waals surface area contributed by atoms with Crippen LogP contribution in [0.5, 0.6) is 5.75 Å². The summed E-state index contributed by atoms with van der Waals surface area (Å²) in [6.07, 6.45) is 0. The predicted octanol–water partition coefficient (Wildman–Crippen LogP) is 5.22. The highest BCUT2D eigenvalue weighted by Gasteiger charge is 2.16. The van der Waals surface area contributed by atoms with Crippen molar-refractivity contribution in [1.82, 2.24) is 4.98 Å². The maximum Gasteiger partial charge on any atom is 0.344 e. The van der Waals surface area contributed by atoms with Crippen molar-refractivity contribution in [3.8, 4) is 17.0 Å². The molecule has 0 bridgehead atoms. The largest absolute Gasteiger partial charge is 0.465 e. The average Bonchev–Trinajstić information content (AvgIpc) is 2.78. The lowest BCUT2D eigenvalue weighted by Crippen LogP contribution is -2.10. The lowest BCUT2D eigenvalue weighted by molar-refractivity contribution is 0.0600. The van der Waals surface area contributed by atoms with Crippen LogP contribution < -0.4 is 4.74 Å². The Labute approximate surface area is 173 Å². The van der Waals surface area contributed by atoms with Crippen molar-refractivity contribution in [3.05, 3.63) is 95.6 Å². The van der Waals surface area contributed by atoms with E-state index in [1.807, 2.05) is 55.5 Å². The van der Waals surface area contributed by atoms with Gasteiger partial charge in [0.2, 0.25) is 0 Å². The number of ether oxygens (including phenoxy) is 2. The van der Waals surface area contributed by atoms with Crippen LogP contribution in [-0.4, -0.2) is 24.0 Å². The topological polar surface area (TPSA) is 65.5 Å². The lowest BCUT2D eigenvalue weighted by atomic mass is 10.0. The number of aryl methyl sites for hydroxylation is 1. The van der Waals surface area contributed by atoms with Crippen molar-refractivity contribution in [1.29, 1.82) is 0 Å². The maximum atomic E-state index is 13.0. The molecule has 0 aliphatic heterocycles.